The molecular formula is C10H10F3NO2. The van der Waals surface area contributed by atoms with Gasteiger partial charge < -0.3 is 4.74 Å². The Morgan fingerprint density at radius 2 is 2.12 bits per heavy atom. The molecule has 0 aliphatic heterocycles. The highest BCUT2D eigenvalue weighted by molar-refractivity contribution is 5.89. The Morgan fingerprint density at radius 1 is 1.50 bits per heavy atom. The summed E-state index contributed by atoms with van der Waals surface area (Å²) in [6.07, 6.45) is -3.44. The van der Waals surface area contributed by atoms with E-state index in [4.69, 9.17) is 0 Å². The number of hydrogen-bond donors (Lipinski definition) is 0. The van der Waals surface area contributed by atoms with Crippen LogP contribution in [0.4, 0.5) is 13.2 Å². The summed E-state index contributed by atoms with van der Waals surface area (Å²) >= 11 is 0. The van der Waals surface area contributed by atoms with Gasteiger partial charge in [0.2, 0.25) is 0 Å². The van der Waals surface area contributed by atoms with Crippen LogP contribution in [0.5, 0.6) is 0 Å². The topological polar surface area (TPSA) is 39.2 Å². The number of carbonyl (C=O) groups excluding carboxylic acids is 1. The summed E-state index contributed by atoms with van der Waals surface area (Å²) in [5.74, 6) is -0.805. The molecule has 0 amide bonds. The van der Waals surface area contributed by atoms with Crippen molar-refractivity contribution in [1.82, 2.24) is 4.98 Å². The number of alkyl halides is 3. The van der Waals surface area contributed by atoms with E-state index in [0.29, 0.717) is 0 Å². The van der Waals surface area contributed by atoms with Crippen molar-refractivity contribution in [3.8, 4) is 0 Å². The van der Waals surface area contributed by atoms with E-state index in [-0.39, 0.29) is 17.9 Å². The SMILES string of the molecule is CCOC(=O)c1cnc(C)c(C(F)(F)F)c1. The predicted octanol–water partition coefficient (Wildman–Crippen LogP) is 2.59. The average Bonchev–Trinajstić information content (AvgIpc) is 2.16. The van der Waals surface area contributed by atoms with Gasteiger partial charge in [-0.15, -0.1) is 0 Å². The van der Waals surface area contributed by atoms with E-state index in [1.807, 2.05) is 0 Å². The molecule has 0 unspecified atom stereocenters. The summed E-state index contributed by atoms with van der Waals surface area (Å²) in [5, 5.41) is 0. The van der Waals surface area contributed by atoms with Crippen LogP contribution in [0.25, 0.3) is 0 Å². The standard InChI is InChI=1S/C10H10F3NO2/c1-3-16-9(15)7-4-8(10(11,12)13)6(2)14-5-7/h4-5H,3H2,1-2H3. The van der Waals surface area contributed by atoms with E-state index >= 15 is 0 Å². The minimum Gasteiger partial charge on any atom is -0.462 e. The fourth-order valence-corrected chi connectivity index (χ4v) is 1.15. The fourth-order valence-electron chi connectivity index (χ4n) is 1.15. The van der Waals surface area contributed by atoms with Gasteiger partial charge >= 0.3 is 12.1 Å². The van der Waals surface area contributed by atoms with Crippen LogP contribution in [0.3, 0.4) is 0 Å². The summed E-state index contributed by atoms with van der Waals surface area (Å²) < 4.78 is 42.0. The number of aryl methyl sites for hydroxylation is 1. The Hall–Kier alpha value is -1.59. The number of carbonyl (C=O) groups is 1. The molecule has 1 rings (SSSR count). The van der Waals surface area contributed by atoms with Crippen molar-refractivity contribution in [2.24, 2.45) is 0 Å². The average molecular weight is 233 g/mol. The Bertz CT molecular complexity index is 402. The maximum atomic E-state index is 12.5. The van der Waals surface area contributed by atoms with Crippen molar-refractivity contribution in [3.05, 3.63) is 29.1 Å². The highest BCUT2D eigenvalue weighted by Gasteiger charge is 2.33. The van der Waals surface area contributed by atoms with Crippen molar-refractivity contribution in [3.63, 3.8) is 0 Å². The zero-order valence-electron chi connectivity index (χ0n) is 8.76. The lowest BCUT2D eigenvalue weighted by atomic mass is 10.1. The molecule has 1 heterocycles. The Labute approximate surface area is 90.2 Å². The van der Waals surface area contributed by atoms with Crippen molar-refractivity contribution in [1.29, 1.82) is 0 Å². The highest BCUT2D eigenvalue weighted by Crippen LogP contribution is 2.31. The number of halogens is 3. The number of nitrogens with zero attached hydrogens (tertiary/aromatic N) is 1. The first-order chi connectivity index (χ1) is 7.36. The summed E-state index contributed by atoms with van der Waals surface area (Å²) in [5.41, 5.74) is -1.28. The molecule has 0 saturated carbocycles. The third kappa shape index (κ3) is 2.71. The van der Waals surface area contributed by atoms with E-state index in [1.54, 1.807) is 6.92 Å². The Kier molecular flexibility index (Phi) is 3.51. The predicted molar refractivity (Wildman–Crippen MR) is 49.9 cm³/mol. The Balaban J connectivity index is 3.13. The quantitative estimate of drug-likeness (QED) is 0.737. The minimum absolute atomic E-state index is 0.105. The molecule has 0 aliphatic rings. The molecule has 1 aromatic rings. The largest absolute Gasteiger partial charge is 0.462 e. The first-order valence-electron chi connectivity index (χ1n) is 4.57. The third-order valence-corrected chi connectivity index (χ3v) is 1.90. The number of esters is 1. The molecular weight excluding hydrogens is 223 g/mol. The van der Waals surface area contributed by atoms with Crippen LogP contribution in [0.2, 0.25) is 0 Å². The molecule has 0 radical (unpaired) electrons. The van der Waals surface area contributed by atoms with Crippen LogP contribution < -0.4 is 0 Å². The zero-order chi connectivity index (χ0) is 12.3. The second-order valence-corrected chi connectivity index (χ2v) is 3.08. The maximum Gasteiger partial charge on any atom is 0.418 e. The smallest absolute Gasteiger partial charge is 0.418 e. The zero-order valence-corrected chi connectivity index (χ0v) is 8.76. The van der Waals surface area contributed by atoms with Gasteiger partial charge in [-0.1, -0.05) is 0 Å². The molecule has 0 spiro atoms. The lowest BCUT2D eigenvalue weighted by Gasteiger charge is -2.10. The van der Waals surface area contributed by atoms with Crippen molar-refractivity contribution >= 4 is 5.97 Å². The molecule has 88 valence electrons. The Morgan fingerprint density at radius 3 is 2.62 bits per heavy atom. The first-order valence-corrected chi connectivity index (χ1v) is 4.57. The molecule has 0 saturated heterocycles. The minimum atomic E-state index is -4.51. The molecule has 0 bridgehead atoms. The summed E-state index contributed by atoms with van der Waals surface area (Å²) in [4.78, 5) is 14.7. The molecule has 16 heavy (non-hydrogen) atoms. The van der Waals surface area contributed by atoms with Crippen LogP contribution in [-0.4, -0.2) is 17.6 Å². The number of rotatable bonds is 2. The third-order valence-electron chi connectivity index (χ3n) is 1.90. The number of pyridine rings is 1. The maximum absolute atomic E-state index is 12.5. The fraction of sp³-hybridized carbons (Fsp3) is 0.400. The summed E-state index contributed by atoms with van der Waals surface area (Å²) in [6, 6.07) is 0.750. The van der Waals surface area contributed by atoms with Crippen LogP contribution in [0, 0.1) is 6.92 Å². The molecule has 0 aromatic carbocycles. The van der Waals surface area contributed by atoms with Gasteiger partial charge in [-0.3, -0.25) is 4.98 Å². The summed E-state index contributed by atoms with van der Waals surface area (Å²) in [6.45, 7) is 2.91. The summed E-state index contributed by atoms with van der Waals surface area (Å²) in [7, 11) is 0. The lowest BCUT2D eigenvalue weighted by Crippen LogP contribution is -2.12. The van der Waals surface area contributed by atoms with Crippen molar-refractivity contribution in [2.75, 3.05) is 6.61 Å². The molecule has 0 N–H and O–H groups in total. The van der Waals surface area contributed by atoms with Gasteiger partial charge in [0, 0.05) is 11.9 Å². The van der Waals surface area contributed by atoms with Crippen LogP contribution >= 0.6 is 0 Å². The molecule has 0 aliphatic carbocycles. The van der Waals surface area contributed by atoms with E-state index in [9.17, 15) is 18.0 Å². The van der Waals surface area contributed by atoms with Gasteiger partial charge in [-0.05, 0) is 19.9 Å². The highest BCUT2D eigenvalue weighted by atomic mass is 19.4. The van der Waals surface area contributed by atoms with Gasteiger partial charge in [-0.2, -0.15) is 13.2 Å². The normalized spacial score (nSPS) is 11.3. The van der Waals surface area contributed by atoms with Gasteiger partial charge in [-0.25, -0.2) is 4.79 Å². The lowest BCUT2D eigenvalue weighted by molar-refractivity contribution is -0.138. The van der Waals surface area contributed by atoms with Gasteiger partial charge in [0.05, 0.1) is 17.7 Å². The first kappa shape index (κ1) is 12.5. The van der Waals surface area contributed by atoms with Crippen LogP contribution in [0.15, 0.2) is 12.3 Å². The van der Waals surface area contributed by atoms with Gasteiger partial charge in [0.25, 0.3) is 0 Å². The van der Waals surface area contributed by atoms with Gasteiger partial charge in [0.1, 0.15) is 0 Å². The van der Waals surface area contributed by atoms with E-state index in [0.717, 1.165) is 12.3 Å². The van der Waals surface area contributed by atoms with E-state index < -0.39 is 17.7 Å². The van der Waals surface area contributed by atoms with Crippen LogP contribution in [-0.2, 0) is 10.9 Å². The van der Waals surface area contributed by atoms with Crippen molar-refractivity contribution in [2.45, 2.75) is 20.0 Å². The van der Waals surface area contributed by atoms with E-state index in [2.05, 4.69) is 9.72 Å². The monoisotopic (exact) mass is 233 g/mol. The molecule has 0 fully saturated rings. The van der Waals surface area contributed by atoms with Crippen molar-refractivity contribution < 1.29 is 22.7 Å². The van der Waals surface area contributed by atoms with Crippen LogP contribution in [0.1, 0.15) is 28.5 Å². The molecule has 0 atom stereocenters. The molecule has 1 aromatic heterocycles. The second-order valence-electron chi connectivity index (χ2n) is 3.08. The van der Waals surface area contributed by atoms with Gasteiger partial charge in [0.15, 0.2) is 0 Å². The number of ether oxygens (including phenoxy) is 1. The second kappa shape index (κ2) is 4.51. The molecule has 3 nitrogen and oxygen atoms in total. The van der Waals surface area contributed by atoms with E-state index in [1.165, 1.54) is 6.92 Å². The molecule has 6 heteroatoms. The number of hydrogen-bond acceptors (Lipinski definition) is 3. The number of aromatic nitrogens is 1.